The largest absolute Gasteiger partial charge is 0.396 e. The van der Waals surface area contributed by atoms with E-state index in [0.717, 1.165) is 6.54 Å². The summed E-state index contributed by atoms with van der Waals surface area (Å²) in [4.78, 5) is 0. The molecule has 0 heterocycles. The van der Waals surface area contributed by atoms with Crippen LogP contribution in [0.4, 0.5) is 5.69 Å². The first-order valence-corrected chi connectivity index (χ1v) is 8.27. The lowest BCUT2D eigenvalue weighted by Gasteiger charge is -2.30. The highest BCUT2D eigenvalue weighted by molar-refractivity contribution is 5.44. The first-order chi connectivity index (χ1) is 9.83. The van der Waals surface area contributed by atoms with Crippen molar-refractivity contribution >= 4 is 5.69 Å². The Balaban J connectivity index is 1.80. The molecule has 0 bridgehead atoms. The highest BCUT2D eigenvalue weighted by Crippen LogP contribution is 2.29. The first kappa shape index (κ1) is 15.4. The van der Waals surface area contributed by atoms with E-state index in [2.05, 4.69) is 36.5 Å². The number of rotatable bonds is 7. The van der Waals surface area contributed by atoms with E-state index in [9.17, 15) is 5.11 Å². The summed E-state index contributed by atoms with van der Waals surface area (Å²) in [6, 6.07) is 8.87. The van der Waals surface area contributed by atoms with Gasteiger partial charge in [-0.05, 0) is 55.2 Å². The summed E-state index contributed by atoms with van der Waals surface area (Å²) >= 11 is 0. The Morgan fingerprint density at radius 3 is 2.45 bits per heavy atom. The molecule has 1 aromatic rings. The number of aryl methyl sites for hydroxylation is 1. The van der Waals surface area contributed by atoms with Gasteiger partial charge >= 0.3 is 0 Å². The number of aliphatic hydroxyl groups is 1. The Morgan fingerprint density at radius 1 is 1.10 bits per heavy atom. The Kier molecular flexibility index (Phi) is 6.38. The number of hydrogen-bond acceptors (Lipinski definition) is 2. The van der Waals surface area contributed by atoms with Gasteiger partial charge in [0.1, 0.15) is 0 Å². The molecule has 2 rings (SSSR count). The molecule has 112 valence electrons. The zero-order valence-corrected chi connectivity index (χ0v) is 12.8. The molecular formula is C18H29NO. The summed E-state index contributed by atoms with van der Waals surface area (Å²) in [6.07, 6.45) is 8.77. The van der Waals surface area contributed by atoms with Gasteiger partial charge in [0, 0.05) is 18.8 Å². The van der Waals surface area contributed by atoms with Gasteiger partial charge < -0.3 is 10.4 Å². The molecule has 0 saturated heterocycles. The Bertz CT molecular complexity index is 374. The minimum Gasteiger partial charge on any atom is -0.396 e. The lowest BCUT2D eigenvalue weighted by Crippen LogP contribution is -2.28. The Hall–Kier alpha value is -1.02. The number of benzene rings is 1. The summed E-state index contributed by atoms with van der Waals surface area (Å²) in [6.45, 7) is 3.58. The van der Waals surface area contributed by atoms with Gasteiger partial charge in [0.15, 0.2) is 0 Å². The third-order valence-corrected chi connectivity index (χ3v) is 4.64. The monoisotopic (exact) mass is 275 g/mol. The minimum atomic E-state index is 0.350. The average molecular weight is 275 g/mol. The van der Waals surface area contributed by atoms with Crippen molar-refractivity contribution in [2.45, 2.75) is 51.9 Å². The third kappa shape index (κ3) is 4.52. The molecule has 0 aromatic heterocycles. The number of nitrogens with one attached hydrogen (secondary N) is 1. The van der Waals surface area contributed by atoms with Crippen molar-refractivity contribution in [2.75, 3.05) is 18.5 Å². The molecule has 2 unspecified atom stereocenters. The second-order valence-electron chi connectivity index (χ2n) is 6.17. The zero-order chi connectivity index (χ0) is 14.2. The number of aliphatic hydroxyl groups excluding tert-OH is 1. The molecule has 1 aliphatic carbocycles. The van der Waals surface area contributed by atoms with Crippen LogP contribution in [0.3, 0.4) is 0 Å². The fraction of sp³-hybridized carbons (Fsp3) is 0.667. The van der Waals surface area contributed by atoms with E-state index in [-0.39, 0.29) is 0 Å². The summed E-state index contributed by atoms with van der Waals surface area (Å²) in [7, 11) is 0. The van der Waals surface area contributed by atoms with Crippen LogP contribution in [-0.2, 0) is 6.42 Å². The van der Waals surface area contributed by atoms with Gasteiger partial charge in [0.2, 0.25) is 0 Å². The molecule has 0 amide bonds. The van der Waals surface area contributed by atoms with Gasteiger partial charge in [-0.25, -0.2) is 0 Å². The van der Waals surface area contributed by atoms with Crippen LogP contribution in [0.2, 0.25) is 0 Å². The SMILES string of the molecule is CCCCc1ccc(NCC2CCCCC2CO)cc1. The van der Waals surface area contributed by atoms with Crippen molar-refractivity contribution in [3.63, 3.8) is 0 Å². The lowest BCUT2D eigenvalue weighted by molar-refractivity contribution is 0.141. The van der Waals surface area contributed by atoms with E-state index in [1.807, 2.05) is 0 Å². The quantitative estimate of drug-likeness (QED) is 0.780. The second kappa shape index (κ2) is 8.31. The molecular weight excluding hydrogens is 246 g/mol. The molecule has 0 aliphatic heterocycles. The van der Waals surface area contributed by atoms with Crippen LogP contribution in [0.15, 0.2) is 24.3 Å². The topological polar surface area (TPSA) is 32.3 Å². The Morgan fingerprint density at radius 2 is 1.80 bits per heavy atom. The maximum absolute atomic E-state index is 9.45. The predicted octanol–water partition coefficient (Wildman–Crippen LogP) is 4.24. The zero-order valence-electron chi connectivity index (χ0n) is 12.8. The van der Waals surface area contributed by atoms with Gasteiger partial charge in [-0.3, -0.25) is 0 Å². The van der Waals surface area contributed by atoms with Crippen molar-refractivity contribution in [1.82, 2.24) is 0 Å². The number of unbranched alkanes of at least 4 members (excludes halogenated alkanes) is 1. The van der Waals surface area contributed by atoms with E-state index in [1.165, 1.54) is 56.2 Å². The Labute approximate surface area is 123 Å². The molecule has 1 aliphatic rings. The fourth-order valence-electron chi connectivity index (χ4n) is 3.21. The molecule has 0 spiro atoms. The fourth-order valence-corrected chi connectivity index (χ4v) is 3.21. The average Bonchev–Trinajstić information content (AvgIpc) is 2.52. The second-order valence-corrected chi connectivity index (χ2v) is 6.17. The molecule has 0 radical (unpaired) electrons. The summed E-state index contributed by atoms with van der Waals surface area (Å²) in [5, 5.41) is 13.0. The van der Waals surface area contributed by atoms with Gasteiger partial charge in [0.25, 0.3) is 0 Å². The summed E-state index contributed by atoms with van der Waals surface area (Å²) in [5.41, 5.74) is 2.65. The van der Waals surface area contributed by atoms with Crippen LogP contribution in [0, 0.1) is 11.8 Å². The van der Waals surface area contributed by atoms with E-state index in [4.69, 9.17) is 0 Å². The van der Waals surface area contributed by atoms with E-state index >= 15 is 0 Å². The third-order valence-electron chi connectivity index (χ3n) is 4.64. The normalized spacial score (nSPS) is 22.7. The van der Waals surface area contributed by atoms with Crippen molar-refractivity contribution in [3.05, 3.63) is 29.8 Å². The van der Waals surface area contributed by atoms with Crippen LogP contribution in [0.5, 0.6) is 0 Å². The smallest absolute Gasteiger partial charge is 0.0462 e. The molecule has 20 heavy (non-hydrogen) atoms. The van der Waals surface area contributed by atoms with E-state index in [1.54, 1.807) is 0 Å². The van der Waals surface area contributed by atoms with Crippen molar-refractivity contribution in [3.8, 4) is 0 Å². The highest BCUT2D eigenvalue weighted by atomic mass is 16.3. The number of hydrogen-bond donors (Lipinski definition) is 2. The summed E-state index contributed by atoms with van der Waals surface area (Å²) in [5.74, 6) is 1.13. The molecule has 2 atom stereocenters. The van der Waals surface area contributed by atoms with Crippen molar-refractivity contribution in [2.24, 2.45) is 11.8 Å². The van der Waals surface area contributed by atoms with E-state index in [0.29, 0.717) is 18.4 Å². The summed E-state index contributed by atoms with van der Waals surface area (Å²) < 4.78 is 0. The van der Waals surface area contributed by atoms with Gasteiger partial charge in [-0.1, -0.05) is 38.3 Å². The molecule has 1 aromatic carbocycles. The van der Waals surface area contributed by atoms with E-state index < -0.39 is 0 Å². The van der Waals surface area contributed by atoms with Crippen LogP contribution >= 0.6 is 0 Å². The minimum absolute atomic E-state index is 0.350. The van der Waals surface area contributed by atoms with Crippen LogP contribution < -0.4 is 5.32 Å². The molecule has 1 saturated carbocycles. The molecule has 2 heteroatoms. The van der Waals surface area contributed by atoms with Crippen LogP contribution in [-0.4, -0.2) is 18.3 Å². The standard InChI is InChI=1S/C18H29NO/c1-2-3-6-15-9-11-18(12-10-15)19-13-16-7-4-5-8-17(16)14-20/h9-12,16-17,19-20H,2-8,13-14H2,1H3. The van der Waals surface area contributed by atoms with Gasteiger partial charge in [-0.15, -0.1) is 0 Å². The lowest BCUT2D eigenvalue weighted by atomic mass is 9.79. The maximum Gasteiger partial charge on any atom is 0.0462 e. The van der Waals surface area contributed by atoms with Gasteiger partial charge in [0.05, 0.1) is 0 Å². The van der Waals surface area contributed by atoms with Crippen molar-refractivity contribution in [1.29, 1.82) is 0 Å². The van der Waals surface area contributed by atoms with Crippen LogP contribution in [0.1, 0.15) is 51.0 Å². The maximum atomic E-state index is 9.45. The first-order valence-electron chi connectivity index (χ1n) is 8.27. The molecule has 1 fully saturated rings. The van der Waals surface area contributed by atoms with Gasteiger partial charge in [-0.2, -0.15) is 0 Å². The highest BCUT2D eigenvalue weighted by Gasteiger charge is 2.23. The van der Waals surface area contributed by atoms with Crippen molar-refractivity contribution < 1.29 is 5.11 Å². The molecule has 2 N–H and O–H groups in total. The predicted molar refractivity (Wildman–Crippen MR) is 86.1 cm³/mol. The number of anilines is 1. The molecule has 2 nitrogen and oxygen atoms in total. The van der Waals surface area contributed by atoms with Crippen LogP contribution in [0.25, 0.3) is 0 Å².